The highest BCUT2D eigenvalue weighted by atomic mass is 16.5. The van der Waals surface area contributed by atoms with E-state index in [4.69, 9.17) is 9.84 Å². The van der Waals surface area contributed by atoms with E-state index in [1.54, 1.807) is 38.1 Å². The van der Waals surface area contributed by atoms with Gasteiger partial charge in [0.1, 0.15) is 5.75 Å². The Morgan fingerprint density at radius 3 is 2.25 bits per heavy atom. The normalized spacial score (nSPS) is 11.4. The molecule has 0 heterocycles. The van der Waals surface area contributed by atoms with Gasteiger partial charge in [0.2, 0.25) is 0 Å². The number of nitrogens with zero attached hydrogens (tertiary/aromatic N) is 1. The van der Waals surface area contributed by atoms with Gasteiger partial charge in [0.05, 0.1) is 18.9 Å². The van der Waals surface area contributed by atoms with Gasteiger partial charge in [-0.15, -0.1) is 0 Å². The molecular weight excluding hydrogens is 418 g/mol. The Balaban J connectivity index is 1.91. The average molecular weight is 441 g/mol. The van der Waals surface area contributed by atoms with E-state index < -0.39 is 30.6 Å². The van der Waals surface area contributed by atoms with Gasteiger partial charge < -0.3 is 19.9 Å². The van der Waals surface area contributed by atoms with Crippen molar-refractivity contribution in [1.29, 1.82) is 0 Å². The fourth-order valence-electron chi connectivity index (χ4n) is 2.50. The molecule has 0 aliphatic carbocycles. The van der Waals surface area contributed by atoms with Crippen LogP contribution in [0, 0.1) is 0 Å². The number of carboxylic acids is 1. The van der Waals surface area contributed by atoms with Gasteiger partial charge in [-0.05, 0) is 55.8 Å². The molecule has 10 heteroatoms. The molecule has 3 N–H and O–H groups in total. The van der Waals surface area contributed by atoms with Gasteiger partial charge in [0.15, 0.2) is 12.4 Å². The van der Waals surface area contributed by atoms with E-state index in [1.807, 2.05) is 0 Å². The smallest absolute Gasteiger partial charge is 0.427 e. The van der Waals surface area contributed by atoms with E-state index in [9.17, 15) is 19.2 Å². The van der Waals surface area contributed by atoms with Crippen LogP contribution in [0.2, 0.25) is 0 Å². The topological polar surface area (TPSA) is 143 Å². The number of carboxylic acid groups (broad SMARTS) is 1. The fraction of sp³-hybridized carbons (Fsp3) is 0.227. The molecule has 0 aliphatic rings. The van der Waals surface area contributed by atoms with Crippen molar-refractivity contribution < 1.29 is 33.8 Å². The first-order valence-electron chi connectivity index (χ1n) is 9.65. The number of hydrogen-bond acceptors (Lipinski definition) is 7. The van der Waals surface area contributed by atoms with E-state index in [1.165, 1.54) is 30.5 Å². The van der Waals surface area contributed by atoms with Crippen LogP contribution in [0.25, 0.3) is 0 Å². The van der Waals surface area contributed by atoms with Gasteiger partial charge in [0.25, 0.3) is 5.91 Å². The van der Waals surface area contributed by atoms with Crippen molar-refractivity contribution in [2.24, 2.45) is 5.10 Å². The molecule has 0 spiro atoms. The Hall–Kier alpha value is -4.21. The number of nitrogens with one attached hydrogen (secondary N) is 2. The molecule has 0 bridgehead atoms. The second-order valence-corrected chi connectivity index (χ2v) is 6.48. The summed E-state index contributed by atoms with van der Waals surface area (Å²) in [6, 6.07) is 11.6. The number of ketones is 1. The third kappa shape index (κ3) is 7.56. The number of ether oxygens (including phenoxy) is 2. The van der Waals surface area contributed by atoms with Crippen LogP contribution in [0.4, 0.5) is 4.79 Å². The molecule has 168 valence electrons. The van der Waals surface area contributed by atoms with E-state index in [2.05, 4.69) is 20.6 Å². The molecule has 32 heavy (non-hydrogen) atoms. The molecule has 0 aromatic heterocycles. The maximum absolute atomic E-state index is 12.6. The highest BCUT2D eigenvalue weighted by Crippen LogP contribution is 2.14. The minimum absolute atomic E-state index is 0.235. The predicted molar refractivity (Wildman–Crippen MR) is 115 cm³/mol. The molecule has 2 aromatic carbocycles. The first kappa shape index (κ1) is 24.1. The summed E-state index contributed by atoms with van der Waals surface area (Å²) < 4.78 is 9.70. The van der Waals surface area contributed by atoms with Crippen LogP contribution in [-0.2, 0) is 9.53 Å². The summed E-state index contributed by atoms with van der Waals surface area (Å²) in [5.74, 6) is -1.52. The zero-order valence-corrected chi connectivity index (χ0v) is 17.5. The molecule has 0 saturated carbocycles. The fourth-order valence-corrected chi connectivity index (χ4v) is 2.50. The first-order chi connectivity index (χ1) is 15.3. The quantitative estimate of drug-likeness (QED) is 0.291. The number of hydrogen-bond donors (Lipinski definition) is 3. The van der Waals surface area contributed by atoms with Crippen LogP contribution in [0.15, 0.2) is 53.6 Å². The number of benzene rings is 2. The third-order valence-electron chi connectivity index (χ3n) is 4.06. The largest absolute Gasteiger partial charge is 0.482 e. The van der Waals surface area contributed by atoms with Gasteiger partial charge in [-0.2, -0.15) is 5.10 Å². The maximum Gasteiger partial charge on any atom is 0.427 e. The summed E-state index contributed by atoms with van der Waals surface area (Å²) >= 11 is 0. The van der Waals surface area contributed by atoms with Crippen molar-refractivity contribution in [3.63, 3.8) is 0 Å². The van der Waals surface area contributed by atoms with E-state index in [-0.39, 0.29) is 12.4 Å². The van der Waals surface area contributed by atoms with Gasteiger partial charge in [0, 0.05) is 11.1 Å². The van der Waals surface area contributed by atoms with Crippen LogP contribution in [-0.4, -0.2) is 54.3 Å². The van der Waals surface area contributed by atoms with Gasteiger partial charge in [-0.1, -0.05) is 12.1 Å². The molecule has 2 aromatic rings. The first-order valence-corrected chi connectivity index (χ1v) is 9.65. The Labute approximate surface area is 184 Å². The van der Waals surface area contributed by atoms with E-state index in [0.717, 1.165) is 0 Å². The number of amides is 2. The molecular formula is C22H23N3O7. The monoisotopic (exact) mass is 441 g/mol. The lowest BCUT2D eigenvalue weighted by Crippen LogP contribution is -2.38. The van der Waals surface area contributed by atoms with Crippen molar-refractivity contribution in [1.82, 2.24) is 10.7 Å². The van der Waals surface area contributed by atoms with Crippen LogP contribution in [0.5, 0.6) is 5.75 Å². The van der Waals surface area contributed by atoms with E-state index >= 15 is 0 Å². The number of carbonyl (C=O) groups is 4. The second kappa shape index (κ2) is 11.8. The number of Topliss-reactive ketones (excluding diaryl/α,β-unsaturated/α-hetero) is 1. The SMILES string of the molecule is CCOC(=O)NN=Cc1ccc(C(=O)N[C@@H](C)C(=O)c2ccc(OCC(=O)O)cc2)cc1. The average Bonchev–Trinajstić information content (AvgIpc) is 2.78. The highest BCUT2D eigenvalue weighted by molar-refractivity contribution is 6.04. The minimum Gasteiger partial charge on any atom is -0.482 e. The number of aliphatic carboxylic acids is 1. The van der Waals surface area contributed by atoms with Crippen molar-refractivity contribution in [3.05, 3.63) is 65.2 Å². The lowest BCUT2D eigenvalue weighted by molar-refractivity contribution is -0.139. The highest BCUT2D eigenvalue weighted by Gasteiger charge is 2.18. The van der Waals surface area contributed by atoms with Crippen LogP contribution in [0.1, 0.15) is 40.1 Å². The Bertz CT molecular complexity index is 986. The summed E-state index contributed by atoms with van der Waals surface area (Å²) in [5, 5.41) is 15.0. The molecule has 0 unspecified atom stereocenters. The summed E-state index contributed by atoms with van der Waals surface area (Å²) in [6.07, 6.45) is 0.732. The Morgan fingerprint density at radius 2 is 1.66 bits per heavy atom. The van der Waals surface area contributed by atoms with Gasteiger partial charge in [-0.3, -0.25) is 9.59 Å². The molecule has 0 radical (unpaired) electrons. The van der Waals surface area contributed by atoms with Gasteiger partial charge in [-0.25, -0.2) is 15.0 Å². The molecule has 0 fully saturated rings. The summed E-state index contributed by atoms with van der Waals surface area (Å²) in [4.78, 5) is 46.7. The molecule has 0 aliphatic heterocycles. The third-order valence-corrected chi connectivity index (χ3v) is 4.06. The summed E-state index contributed by atoms with van der Waals surface area (Å²) in [6.45, 7) is 3.00. The number of rotatable bonds is 10. The molecule has 2 amide bonds. The lowest BCUT2D eigenvalue weighted by atomic mass is 10.0. The zero-order chi connectivity index (χ0) is 23.5. The summed E-state index contributed by atoms with van der Waals surface area (Å²) in [5.41, 5.74) is 3.54. The van der Waals surface area contributed by atoms with Crippen LogP contribution >= 0.6 is 0 Å². The van der Waals surface area contributed by atoms with Crippen molar-refractivity contribution in [2.45, 2.75) is 19.9 Å². The molecule has 2 rings (SSSR count). The molecule has 1 atom stereocenters. The van der Waals surface area contributed by atoms with Crippen LogP contribution in [0.3, 0.4) is 0 Å². The maximum atomic E-state index is 12.6. The lowest BCUT2D eigenvalue weighted by Gasteiger charge is -2.13. The minimum atomic E-state index is -1.10. The molecule has 10 nitrogen and oxygen atoms in total. The summed E-state index contributed by atoms with van der Waals surface area (Å²) in [7, 11) is 0. The van der Waals surface area contributed by atoms with E-state index in [0.29, 0.717) is 22.4 Å². The van der Waals surface area contributed by atoms with Gasteiger partial charge >= 0.3 is 12.1 Å². The van der Waals surface area contributed by atoms with Crippen molar-refractivity contribution in [2.75, 3.05) is 13.2 Å². The molecule has 0 saturated heterocycles. The van der Waals surface area contributed by atoms with Crippen LogP contribution < -0.4 is 15.5 Å². The van der Waals surface area contributed by atoms with Crippen molar-refractivity contribution >= 4 is 30.0 Å². The zero-order valence-electron chi connectivity index (χ0n) is 17.5. The Morgan fingerprint density at radius 1 is 1.03 bits per heavy atom. The number of hydrazone groups is 1. The predicted octanol–water partition coefficient (Wildman–Crippen LogP) is 2.23. The second-order valence-electron chi connectivity index (χ2n) is 6.48. The Kier molecular flexibility index (Phi) is 8.91. The van der Waals surface area contributed by atoms with Crippen molar-refractivity contribution in [3.8, 4) is 5.75 Å². The standard InChI is InChI=1S/C22H23N3O7/c1-3-31-22(30)25-23-12-15-4-6-17(7-5-15)21(29)24-14(2)20(28)16-8-10-18(11-9-16)32-13-19(26)27/h4-12,14H,3,13H2,1-2H3,(H,24,29)(H,25,30)(H,26,27)/t14-/m0/s1. The number of carbonyl (C=O) groups excluding carboxylic acids is 3.